The van der Waals surface area contributed by atoms with E-state index in [-0.39, 0.29) is 6.54 Å². The van der Waals surface area contributed by atoms with Crippen molar-refractivity contribution in [3.8, 4) is 5.75 Å². The Morgan fingerprint density at radius 1 is 1.22 bits per heavy atom. The Bertz CT molecular complexity index is 820. The quantitative estimate of drug-likeness (QED) is 0.592. The first-order valence-electron chi connectivity index (χ1n) is 7.09. The van der Waals surface area contributed by atoms with Gasteiger partial charge in [0.05, 0.1) is 24.8 Å². The SMILES string of the molecule is CCCn1cc([N+](=O)[O-])c(=O)n(Cc2ccc(OC)cc2)c1=O. The van der Waals surface area contributed by atoms with Gasteiger partial charge in [-0.15, -0.1) is 0 Å². The Kier molecular flexibility index (Phi) is 4.95. The normalized spacial score (nSPS) is 10.5. The zero-order chi connectivity index (χ0) is 17.0. The van der Waals surface area contributed by atoms with E-state index in [1.165, 1.54) is 11.7 Å². The molecule has 23 heavy (non-hydrogen) atoms. The monoisotopic (exact) mass is 319 g/mol. The number of hydrogen-bond acceptors (Lipinski definition) is 5. The van der Waals surface area contributed by atoms with Crippen LogP contribution in [0.2, 0.25) is 0 Å². The lowest BCUT2D eigenvalue weighted by molar-refractivity contribution is -0.387. The molecule has 0 unspecified atom stereocenters. The molecule has 1 aromatic carbocycles. The summed E-state index contributed by atoms with van der Waals surface area (Å²) in [5.41, 5.74) is -1.39. The van der Waals surface area contributed by atoms with E-state index < -0.39 is 21.9 Å². The molecule has 1 aromatic heterocycles. The second-order valence-corrected chi connectivity index (χ2v) is 4.99. The van der Waals surface area contributed by atoms with Gasteiger partial charge in [-0.2, -0.15) is 0 Å². The Hall–Kier alpha value is -2.90. The molecule has 8 nitrogen and oxygen atoms in total. The molecule has 1 heterocycles. The first kappa shape index (κ1) is 16.5. The van der Waals surface area contributed by atoms with Gasteiger partial charge in [-0.05, 0) is 24.1 Å². The number of nitro groups is 1. The molecule has 8 heteroatoms. The maximum Gasteiger partial charge on any atom is 0.350 e. The molecule has 0 amide bonds. The maximum atomic E-state index is 12.4. The van der Waals surface area contributed by atoms with Gasteiger partial charge in [0.25, 0.3) is 0 Å². The maximum absolute atomic E-state index is 12.4. The summed E-state index contributed by atoms with van der Waals surface area (Å²) in [6.45, 7) is 2.12. The molecule has 0 radical (unpaired) electrons. The van der Waals surface area contributed by atoms with Crippen molar-refractivity contribution in [2.75, 3.05) is 7.11 Å². The van der Waals surface area contributed by atoms with Gasteiger partial charge in [0, 0.05) is 6.54 Å². The lowest BCUT2D eigenvalue weighted by Crippen LogP contribution is -2.40. The Labute approximate surface area is 131 Å². The minimum atomic E-state index is -0.900. The number of benzene rings is 1. The Balaban J connectivity index is 2.52. The fraction of sp³-hybridized carbons (Fsp3) is 0.333. The average molecular weight is 319 g/mol. The molecule has 0 aliphatic heterocycles. The Morgan fingerprint density at radius 3 is 2.39 bits per heavy atom. The van der Waals surface area contributed by atoms with Gasteiger partial charge in [-0.3, -0.25) is 19.5 Å². The predicted octanol–water partition coefficient (Wildman–Crippen LogP) is 1.39. The van der Waals surface area contributed by atoms with Gasteiger partial charge < -0.3 is 4.74 Å². The zero-order valence-electron chi connectivity index (χ0n) is 12.9. The van der Waals surface area contributed by atoms with E-state index in [1.807, 2.05) is 6.92 Å². The summed E-state index contributed by atoms with van der Waals surface area (Å²) < 4.78 is 7.13. The van der Waals surface area contributed by atoms with Crippen molar-refractivity contribution in [2.24, 2.45) is 0 Å². The van der Waals surface area contributed by atoms with Crippen LogP contribution in [0.5, 0.6) is 5.75 Å². The first-order valence-corrected chi connectivity index (χ1v) is 7.09. The summed E-state index contributed by atoms with van der Waals surface area (Å²) in [6.07, 6.45) is 1.64. The number of methoxy groups -OCH3 is 1. The van der Waals surface area contributed by atoms with E-state index in [0.717, 1.165) is 10.8 Å². The van der Waals surface area contributed by atoms with Crippen LogP contribution in [-0.2, 0) is 13.1 Å². The standard InChI is InChI=1S/C15H17N3O5/c1-3-8-16-10-13(18(21)22)14(19)17(15(16)20)9-11-4-6-12(23-2)7-5-11/h4-7,10H,3,8-9H2,1-2H3. The number of aromatic nitrogens is 2. The van der Waals surface area contributed by atoms with E-state index >= 15 is 0 Å². The smallest absolute Gasteiger partial charge is 0.350 e. The average Bonchev–Trinajstić information content (AvgIpc) is 2.54. The van der Waals surface area contributed by atoms with Crippen molar-refractivity contribution in [3.05, 3.63) is 67.0 Å². The van der Waals surface area contributed by atoms with Crippen LogP contribution in [0.15, 0.2) is 40.1 Å². The topological polar surface area (TPSA) is 96.4 Å². The highest BCUT2D eigenvalue weighted by atomic mass is 16.6. The number of rotatable bonds is 6. The van der Waals surface area contributed by atoms with Crippen LogP contribution >= 0.6 is 0 Å². The molecule has 0 N–H and O–H groups in total. The summed E-state index contributed by atoms with van der Waals surface area (Å²) >= 11 is 0. The summed E-state index contributed by atoms with van der Waals surface area (Å²) in [5, 5.41) is 11.0. The molecule has 0 bridgehead atoms. The molecule has 0 aliphatic carbocycles. The lowest BCUT2D eigenvalue weighted by Gasteiger charge is -2.10. The predicted molar refractivity (Wildman–Crippen MR) is 84.0 cm³/mol. The fourth-order valence-corrected chi connectivity index (χ4v) is 2.22. The van der Waals surface area contributed by atoms with Gasteiger partial charge in [0.15, 0.2) is 0 Å². The second-order valence-electron chi connectivity index (χ2n) is 4.99. The largest absolute Gasteiger partial charge is 0.497 e. The van der Waals surface area contributed by atoms with Crippen LogP contribution in [-0.4, -0.2) is 21.2 Å². The van der Waals surface area contributed by atoms with E-state index in [1.54, 1.807) is 24.3 Å². The van der Waals surface area contributed by atoms with Crippen LogP contribution in [0.4, 0.5) is 5.69 Å². The van der Waals surface area contributed by atoms with E-state index in [0.29, 0.717) is 24.3 Å². The third-order valence-corrected chi connectivity index (χ3v) is 3.38. The molecule has 2 aromatic rings. The van der Waals surface area contributed by atoms with Crippen LogP contribution in [0.3, 0.4) is 0 Å². The van der Waals surface area contributed by atoms with E-state index in [4.69, 9.17) is 4.74 Å². The number of ether oxygens (including phenoxy) is 1. The van der Waals surface area contributed by atoms with Crippen LogP contribution in [0.1, 0.15) is 18.9 Å². The Morgan fingerprint density at radius 2 is 1.87 bits per heavy atom. The zero-order valence-corrected chi connectivity index (χ0v) is 12.9. The molecule has 2 rings (SSSR count). The molecule has 0 saturated carbocycles. The molecular weight excluding hydrogens is 302 g/mol. The first-order chi connectivity index (χ1) is 11.0. The van der Waals surface area contributed by atoms with Crippen molar-refractivity contribution in [1.82, 2.24) is 9.13 Å². The summed E-state index contributed by atoms with van der Waals surface area (Å²) in [5.74, 6) is 0.642. The number of aryl methyl sites for hydroxylation is 1. The van der Waals surface area contributed by atoms with Crippen molar-refractivity contribution in [2.45, 2.75) is 26.4 Å². The van der Waals surface area contributed by atoms with Crippen molar-refractivity contribution in [3.63, 3.8) is 0 Å². The lowest BCUT2D eigenvalue weighted by atomic mass is 10.2. The molecule has 0 fully saturated rings. The highest BCUT2D eigenvalue weighted by Crippen LogP contribution is 2.12. The third-order valence-electron chi connectivity index (χ3n) is 3.38. The number of nitrogens with zero attached hydrogens (tertiary/aromatic N) is 3. The van der Waals surface area contributed by atoms with Crippen molar-refractivity contribution >= 4 is 5.69 Å². The van der Waals surface area contributed by atoms with Crippen molar-refractivity contribution < 1.29 is 9.66 Å². The van der Waals surface area contributed by atoms with E-state index in [2.05, 4.69) is 0 Å². The molecule has 122 valence electrons. The minimum absolute atomic E-state index is 0.0347. The summed E-state index contributed by atoms with van der Waals surface area (Å²) in [6, 6.07) is 6.80. The second kappa shape index (κ2) is 6.91. The highest BCUT2D eigenvalue weighted by molar-refractivity contribution is 5.28. The van der Waals surface area contributed by atoms with Gasteiger partial charge in [0.1, 0.15) is 5.75 Å². The van der Waals surface area contributed by atoms with Crippen molar-refractivity contribution in [1.29, 1.82) is 0 Å². The molecular formula is C15H17N3O5. The molecule has 0 spiro atoms. The minimum Gasteiger partial charge on any atom is -0.497 e. The number of hydrogen-bond donors (Lipinski definition) is 0. The van der Waals surface area contributed by atoms with Gasteiger partial charge in [-0.25, -0.2) is 9.36 Å². The molecule has 0 aliphatic rings. The van der Waals surface area contributed by atoms with Crippen LogP contribution < -0.4 is 16.0 Å². The summed E-state index contributed by atoms with van der Waals surface area (Å²) in [7, 11) is 1.53. The third kappa shape index (κ3) is 3.47. The van der Waals surface area contributed by atoms with Gasteiger partial charge in [-0.1, -0.05) is 19.1 Å². The van der Waals surface area contributed by atoms with Crippen LogP contribution in [0.25, 0.3) is 0 Å². The van der Waals surface area contributed by atoms with Gasteiger partial charge >= 0.3 is 16.9 Å². The summed E-state index contributed by atoms with van der Waals surface area (Å²) in [4.78, 5) is 34.8. The highest BCUT2D eigenvalue weighted by Gasteiger charge is 2.19. The van der Waals surface area contributed by atoms with E-state index in [9.17, 15) is 19.7 Å². The van der Waals surface area contributed by atoms with Gasteiger partial charge in [0.2, 0.25) is 0 Å². The molecule has 0 atom stereocenters. The molecule has 0 saturated heterocycles. The van der Waals surface area contributed by atoms with Crippen LogP contribution in [0, 0.1) is 10.1 Å². The fourth-order valence-electron chi connectivity index (χ4n) is 2.22.